The van der Waals surface area contributed by atoms with Crippen LogP contribution in [0.15, 0.2) is 23.2 Å². The fourth-order valence-electron chi connectivity index (χ4n) is 1.80. The molecule has 1 aromatic rings. The minimum Gasteiger partial charge on any atom is -0.378 e. The van der Waals surface area contributed by atoms with Gasteiger partial charge in [0.05, 0.1) is 31.4 Å². The van der Waals surface area contributed by atoms with E-state index in [9.17, 15) is 4.39 Å². The van der Waals surface area contributed by atoms with Gasteiger partial charge in [-0.2, -0.15) is 5.26 Å². The molecular weight excluding hydrogens is 374 g/mol. The number of hydrogen-bond donors (Lipinski definition) is 1. The molecule has 1 heterocycles. The van der Waals surface area contributed by atoms with Gasteiger partial charge in [-0.05, 0) is 12.1 Å². The fraction of sp³-hybridized carbons (Fsp3) is 0.385. The Labute approximate surface area is 134 Å². The summed E-state index contributed by atoms with van der Waals surface area (Å²) in [5.41, 5.74) is 6.57. The van der Waals surface area contributed by atoms with Gasteiger partial charge in [-0.15, -0.1) is 24.0 Å². The second kappa shape index (κ2) is 8.01. The van der Waals surface area contributed by atoms with E-state index in [1.807, 2.05) is 11.0 Å². The van der Waals surface area contributed by atoms with Crippen LogP contribution in [0.2, 0.25) is 0 Å². The van der Waals surface area contributed by atoms with Crippen LogP contribution in [-0.2, 0) is 11.3 Å². The Morgan fingerprint density at radius 1 is 1.45 bits per heavy atom. The largest absolute Gasteiger partial charge is 0.378 e. The van der Waals surface area contributed by atoms with Crippen molar-refractivity contribution < 1.29 is 9.13 Å². The monoisotopic (exact) mass is 390 g/mol. The second-order valence-electron chi connectivity index (χ2n) is 4.19. The van der Waals surface area contributed by atoms with E-state index < -0.39 is 5.82 Å². The number of hydrogen-bond acceptors (Lipinski definition) is 3. The average molecular weight is 390 g/mol. The number of aliphatic imine (C=N–C) groups is 1. The van der Waals surface area contributed by atoms with Crippen molar-refractivity contribution >= 4 is 29.9 Å². The third-order valence-corrected chi connectivity index (χ3v) is 2.93. The number of ether oxygens (including phenoxy) is 1. The van der Waals surface area contributed by atoms with E-state index in [1.54, 1.807) is 12.1 Å². The molecule has 108 valence electrons. The summed E-state index contributed by atoms with van der Waals surface area (Å²) in [4.78, 5) is 6.08. The van der Waals surface area contributed by atoms with Crippen LogP contribution in [0.3, 0.4) is 0 Å². The third kappa shape index (κ3) is 4.31. The molecule has 7 heteroatoms. The minimum absolute atomic E-state index is 0. The maximum atomic E-state index is 13.6. The molecule has 1 aromatic carbocycles. The number of guanidine groups is 1. The highest BCUT2D eigenvalue weighted by Gasteiger charge is 2.12. The lowest BCUT2D eigenvalue weighted by atomic mass is 10.1. The van der Waals surface area contributed by atoms with Crippen molar-refractivity contribution in [3.05, 3.63) is 35.1 Å². The van der Waals surface area contributed by atoms with Crippen molar-refractivity contribution in [3.63, 3.8) is 0 Å². The topological polar surface area (TPSA) is 74.6 Å². The molecule has 0 aliphatic carbocycles. The van der Waals surface area contributed by atoms with E-state index in [4.69, 9.17) is 15.7 Å². The quantitative estimate of drug-likeness (QED) is 0.472. The smallest absolute Gasteiger partial charge is 0.191 e. The maximum absolute atomic E-state index is 13.6. The highest BCUT2D eigenvalue weighted by Crippen LogP contribution is 2.11. The molecule has 2 rings (SSSR count). The van der Waals surface area contributed by atoms with Gasteiger partial charge in [0, 0.05) is 18.7 Å². The Balaban J connectivity index is 0.00000200. The first-order valence-corrected chi connectivity index (χ1v) is 6.02. The van der Waals surface area contributed by atoms with Crippen molar-refractivity contribution in [1.82, 2.24) is 4.90 Å². The summed E-state index contributed by atoms with van der Waals surface area (Å²) in [6, 6.07) is 6.22. The third-order valence-electron chi connectivity index (χ3n) is 2.93. The van der Waals surface area contributed by atoms with Crippen molar-refractivity contribution in [2.24, 2.45) is 10.7 Å². The summed E-state index contributed by atoms with van der Waals surface area (Å²) in [6.45, 7) is 2.82. The predicted octanol–water partition coefficient (Wildman–Crippen LogP) is 1.46. The number of benzene rings is 1. The summed E-state index contributed by atoms with van der Waals surface area (Å²) in [6.07, 6.45) is 0. The highest BCUT2D eigenvalue weighted by molar-refractivity contribution is 14.0. The highest BCUT2D eigenvalue weighted by atomic mass is 127. The molecule has 0 unspecified atom stereocenters. The normalized spacial score (nSPS) is 15.4. The Bertz CT molecular complexity index is 524. The molecule has 1 aliphatic heterocycles. The molecule has 5 nitrogen and oxygen atoms in total. The van der Waals surface area contributed by atoms with E-state index in [1.165, 1.54) is 6.07 Å². The van der Waals surface area contributed by atoms with Crippen LogP contribution in [0.5, 0.6) is 0 Å². The zero-order valence-electron chi connectivity index (χ0n) is 10.9. The van der Waals surface area contributed by atoms with Gasteiger partial charge in [0.2, 0.25) is 0 Å². The Kier molecular flexibility index (Phi) is 6.67. The van der Waals surface area contributed by atoms with Crippen LogP contribution >= 0.6 is 24.0 Å². The second-order valence-corrected chi connectivity index (χ2v) is 4.19. The minimum atomic E-state index is -0.433. The van der Waals surface area contributed by atoms with Crippen LogP contribution in [-0.4, -0.2) is 37.2 Å². The molecule has 0 bridgehead atoms. The molecular formula is C13H16FIN4O. The number of nitrogens with zero attached hydrogens (tertiary/aromatic N) is 3. The average Bonchev–Trinajstić information content (AvgIpc) is 2.46. The fourth-order valence-corrected chi connectivity index (χ4v) is 1.80. The summed E-state index contributed by atoms with van der Waals surface area (Å²) in [5, 5.41) is 8.66. The van der Waals surface area contributed by atoms with Gasteiger partial charge in [0.1, 0.15) is 5.82 Å². The molecule has 0 spiro atoms. The van der Waals surface area contributed by atoms with Gasteiger partial charge in [0.25, 0.3) is 0 Å². The zero-order valence-corrected chi connectivity index (χ0v) is 13.2. The molecule has 0 radical (unpaired) electrons. The summed E-state index contributed by atoms with van der Waals surface area (Å²) >= 11 is 0. The molecule has 2 N–H and O–H groups in total. The molecule has 1 aliphatic rings. The number of rotatable bonds is 2. The Morgan fingerprint density at radius 2 is 2.15 bits per heavy atom. The molecule has 1 saturated heterocycles. The first kappa shape index (κ1) is 16.7. The van der Waals surface area contributed by atoms with Crippen LogP contribution in [0.25, 0.3) is 0 Å². The lowest BCUT2D eigenvalue weighted by Gasteiger charge is -2.27. The van der Waals surface area contributed by atoms with Crippen molar-refractivity contribution in [2.75, 3.05) is 26.3 Å². The molecule has 0 saturated carbocycles. The van der Waals surface area contributed by atoms with Crippen LogP contribution in [0.1, 0.15) is 11.1 Å². The molecule has 0 aromatic heterocycles. The van der Waals surface area contributed by atoms with E-state index in [0.29, 0.717) is 43.4 Å². The van der Waals surface area contributed by atoms with Crippen LogP contribution < -0.4 is 5.73 Å². The maximum Gasteiger partial charge on any atom is 0.191 e. The number of morpholine rings is 1. The predicted molar refractivity (Wildman–Crippen MR) is 84.2 cm³/mol. The summed E-state index contributed by atoms with van der Waals surface area (Å²) < 4.78 is 18.8. The molecule has 1 fully saturated rings. The number of nitrogens with two attached hydrogens (primary N) is 1. The van der Waals surface area contributed by atoms with Gasteiger partial charge in [-0.1, -0.05) is 6.07 Å². The summed E-state index contributed by atoms with van der Waals surface area (Å²) in [5.74, 6) is -0.0374. The standard InChI is InChI=1S/C13H15FN4O.HI/c14-12-7-10(8-15)1-2-11(12)9-17-13(16)18-3-5-19-6-4-18;/h1-2,7H,3-6,9H2,(H2,16,17);1H. The van der Waals surface area contributed by atoms with Gasteiger partial charge in [-0.25, -0.2) is 9.38 Å². The Hall–Kier alpha value is -1.40. The molecule has 20 heavy (non-hydrogen) atoms. The lowest BCUT2D eigenvalue weighted by Crippen LogP contribution is -2.44. The van der Waals surface area contributed by atoms with E-state index in [-0.39, 0.29) is 30.5 Å². The molecule has 0 atom stereocenters. The number of nitriles is 1. The van der Waals surface area contributed by atoms with Crippen LogP contribution in [0, 0.1) is 17.1 Å². The van der Waals surface area contributed by atoms with Crippen molar-refractivity contribution in [1.29, 1.82) is 5.26 Å². The van der Waals surface area contributed by atoms with Crippen LogP contribution in [0.4, 0.5) is 4.39 Å². The summed E-state index contributed by atoms with van der Waals surface area (Å²) in [7, 11) is 0. The SMILES string of the molecule is I.N#Cc1ccc(CN=C(N)N2CCOCC2)c(F)c1. The van der Waals surface area contributed by atoms with Gasteiger partial charge in [-0.3, -0.25) is 0 Å². The lowest BCUT2D eigenvalue weighted by molar-refractivity contribution is 0.0674. The Morgan fingerprint density at radius 3 is 2.75 bits per heavy atom. The van der Waals surface area contributed by atoms with E-state index in [0.717, 1.165) is 0 Å². The van der Waals surface area contributed by atoms with Gasteiger partial charge < -0.3 is 15.4 Å². The van der Waals surface area contributed by atoms with Crippen molar-refractivity contribution in [3.8, 4) is 6.07 Å². The van der Waals surface area contributed by atoms with E-state index in [2.05, 4.69) is 4.99 Å². The van der Waals surface area contributed by atoms with Gasteiger partial charge in [0.15, 0.2) is 5.96 Å². The molecule has 0 amide bonds. The number of halogens is 2. The first-order valence-electron chi connectivity index (χ1n) is 6.02. The van der Waals surface area contributed by atoms with E-state index >= 15 is 0 Å². The van der Waals surface area contributed by atoms with Crippen molar-refractivity contribution in [2.45, 2.75) is 6.54 Å². The zero-order chi connectivity index (χ0) is 13.7. The van der Waals surface area contributed by atoms with Gasteiger partial charge >= 0.3 is 0 Å². The first-order chi connectivity index (χ1) is 9.20.